The summed E-state index contributed by atoms with van der Waals surface area (Å²) in [5.41, 5.74) is 0. The van der Waals surface area contributed by atoms with Crippen molar-refractivity contribution >= 4 is 17.9 Å². The Kier molecular flexibility index (Phi) is 60.1. The quantitative estimate of drug-likeness (QED) is 0.0261. The highest BCUT2D eigenvalue weighted by atomic mass is 16.6. The van der Waals surface area contributed by atoms with E-state index in [1.54, 1.807) is 0 Å². The van der Waals surface area contributed by atoms with Gasteiger partial charge in [-0.05, 0) is 44.9 Å². The topological polar surface area (TPSA) is 78.9 Å². The lowest BCUT2D eigenvalue weighted by Crippen LogP contribution is -2.30. The van der Waals surface area contributed by atoms with Crippen molar-refractivity contribution in [3.63, 3.8) is 0 Å². The van der Waals surface area contributed by atoms with Crippen molar-refractivity contribution in [1.82, 2.24) is 0 Å². The molecule has 0 saturated heterocycles. The summed E-state index contributed by atoms with van der Waals surface area (Å²) in [6, 6.07) is 0. The zero-order valence-electron chi connectivity index (χ0n) is 49.0. The SMILES string of the molecule is CCCCCC/C=C\CCCCCCCC(=O)OCC(COC(=O)CCCCCCCCCCCCCCCCCCCCCCCCC)OC(=O)CCCCCCCCCCCCCCCCCCCC. The van der Waals surface area contributed by atoms with E-state index >= 15 is 0 Å². The van der Waals surface area contributed by atoms with Crippen LogP contribution in [-0.2, 0) is 28.6 Å². The first-order valence-electron chi connectivity index (χ1n) is 32.7. The zero-order valence-corrected chi connectivity index (χ0v) is 49.0. The predicted molar refractivity (Wildman–Crippen MR) is 312 cm³/mol. The van der Waals surface area contributed by atoms with Crippen LogP contribution in [0.1, 0.15) is 374 Å². The summed E-state index contributed by atoms with van der Waals surface area (Å²) in [6.45, 7) is 6.70. The van der Waals surface area contributed by atoms with Crippen LogP contribution in [0.4, 0.5) is 0 Å². The molecule has 0 aliphatic heterocycles. The molecule has 0 heterocycles. The number of allylic oxidation sites excluding steroid dienone is 2. The third kappa shape index (κ3) is 59.0. The maximum Gasteiger partial charge on any atom is 0.306 e. The summed E-state index contributed by atoms with van der Waals surface area (Å²) in [6.07, 6.45) is 72.3. The van der Waals surface area contributed by atoms with E-state index in [-0.39, 0.29) is 31.1 Å². The molecule has 0 spiro atoms. The minimum atomic E-state index is -0.769. The Morgan fingerprint density at radius 3 is 0.708 bits per heavy atom. The molecular formula is C66H126O6. The molecule has 0 saturated carbocycles. The molecule has 0 aromatic rings. The van der Waals surface area contributed by atoms with Gasteiger partial charge in [-0.3, -0.25) is 14.4 Å². The summed E-state index contributed by atoms with van der Waals surface area (Å²) in [7, 11) is 0. The van der Waals surface area contributed by atoms with Crippen LogP contribution in [0.3, 0.4) is 0 Å². The van der Waals surface area contributed by atoms with Crippen molar-refractivity contribution in [3.8, 4) is 0 Å². The number of carbonyl (C=O) groups excluding carboxylic acids is 3. The van der Waals surface area contributed by atoms with Gasteiger partial charge in [-0.2, -0.15) is 0 Å². The lowest BCUT2D eigenvalue weighted by Gasteiger charge is -2.18. The standard InChI is InChI=1S/C66H126O6/c1-4-7-10-13-16-19-22-25-27-29-31-32-33-34-35-37-38-41-44-47-50-53-56-59-65(68)71-62-63(61-70-64(67)58-55-52-49-46-43-40-24-21-18-15-12-9-6-3)72-66(69)60-57-54-51-48-45-42-39-36-30-28-26-23-20-17-14-11-8-5-2/h21,24,63H,4-20,22-23,25-62H2,1-3H3/b24-21-. The van der Waals surface area contributed by atoms with Gasteiger partial charge in [-0.1, -0.05) is 322 Å². The average Bonchev–Trinajstić information content (AvgIpc) is 3.38. The van der Waals surface area contributed by atoms with Crippen LogP contribution >= 0.6 is 0 Å². The molecule has 72 heavy (non-hydrogen) atoms. The fourth-order valence-corrected chi connectivity index (χ4v) is 10.1. The number of hydrogen-bond donors (Lipinski definition) is 0. The summed E-state index contributed by atoms with van der Waals surface area (Å²) >= 11 is 0. The van der Waals surface area contributed by atoms with Crippen molar-refractivity contribution < 1.29 is 28.6 Å². The van der Waals surface area contributed by atoms with E-state index in [0.717, 1.165) is 64.2 Å². The van der Waals surface area contributed by atoms with Crippen LogP contribution in [0.25, 0.3) is 0 Å². The number of unbranched alkanes of at least 4 members (excludes halogenated alkanes) is 48. The molecule has 6 nitrogen and oxygen atoms in total. The smallest absolute Gasteiger partial charge is 0.306 e. The number of esters is 3. The maximum absolute atomic E-state index is 12.9. The van der Waals surface area contributed by atoms with E-state index in [0.29, 0.717) is 19.3 Å². The number of hydrogen-bond acceptors (Lipinski definition) is 6. The first kappa shape index (κ1) is 70.1. The first-order valence-corrected chi connectivity index (χ1v) is 32.7. The summed E-state index contributed by atoms with van der Waals surface area (Å²) in [5.74, 6) is -0.844. The molecule has 0 aromatic carbocycles. The van der Waals surface area contributed by atoms with Crippen LogP contribution < -0.4 is 0 Å². The molecule has 0 N–H and O–H groups in total. The van der Waals surface area contributed by atoms with Gasteiger partial charge in [0.05, 0.1) is 0 Å². The molecule has 1 unspecified atom stereocenters. The average molecular weight is 1020 g/mol. The van der Waals surface area contributed by atoms with Gasteiger partial charge >= 0.3 is 17.9 Å². The van der Waals surface area contributed by atoms with Crippen molar-refractivity contribution in [2.75, 3.05) is 13.2 Å². The fraction of sp³-hybridized carbons (Fsp3) is 0.924. The van der Waals surface area contributed by atoms with Crippen LogP contribution in [0.15, 0.2) is 12.2 Å². The van der Waals surface area contributed by atoms with Crippen LogP contribution in [0, 0.1) is 0 Å². The highest BCUT2D eigenvalue weighted by molar-refractivity contribution is 5.71. The second-order valence-electron chi connectivity index (χ2n) is 22.4. The van der Waals surface area contributed by atoms with E-state index < -0.39 is 6.10 Å². The highest BCUT2D eigenvalue weighted by Crippen LogP contribution is 2.18. The van der Waals surface area contributed by atoms with Crippen molar-refractivity contribution in [2.45, 2.75) is 380 Å². The normalized spacial score (nSPS) is 12.0. The van der Waals surface area contributed by atoms with E-state index in [9.17, 15) is 14.4 Å². The van der Waals surface area contributed by atoms with Gasteiger partial charge in [0.1, 0.15) is 13.2 Å². The lowest BCUT2D eigenvalue weighted by atomic mass is 10.0. The highest BCUT2D eigenvalue weighted by Gasteiger charge is 2.19. The molecule has 0 amide bonds. The Morgan fingerprint density at radius 1 is 0.264 bits per heavy atom. The monoisotopic (exact) mass is 1010 g/mol. The molecule has 0 radical (unpaired) electrons. The van der Waals surface area contributed by atoms with Crippen LogP contribution in [-0.4, -0.2) is 37.2 Å². The zero-order chi connectivity index (χ0) is 52.2. The number of rotatable bonds is 61. The Balaban J connectivity index is 4.23. The van der Waals surface area contributed by atoms with Gasteiger partial charge in [0.25, 0.3) is 0 Å². The Labute approximate surface area is 450 Å². The molecule has 0 bridgehead atoms. The second kappa shape index (κ2) is 61.7. The minimum absolute atomic E-state index is 0.0660. The Bertz CT molecular complexity index is 1120. The molecule has 1 atom stereocenters. The molecule has 0 fully saturated rings. The van der Waals surface area contributed by atoms with Gasteiger partial charge in [0, 0.05) is 19.3 Å². The largest absolute Gasteiger partial charge is 0.462 e. The van der Waals surface area contributed by atoms with Gasteiger partial charge in [-0.15, -0.1) is 0 Å². The van der Waals surface area contributed by atoms with Crippen molar-refractivity contribution in [1.29, 1.82) is 0 Å². The maximum atomic E-state index is 12.9. The van der Waals surface area contributed by atoms with Gasteiger partial charge in [0.2, 0.25) is 0 Å². The van der Waals surface area contributed by atoms with Gasteiger partial charge in [0.15, 0.2) is 6.10 Å². The second-order valence-corrected chi connectivity index (χ2v) is 22.4. The third-order valence-corrected chi connectivity index (χ3v) is 15.0. The first-order chi connectivity index (χ1) is 35.5. The molecule has 426 valence electrons. The molecule has 0 aliphatic rings. The van der Waals surface area contributed by atoms with Crippen LogP contribution in [0.2, 0.25) is 0 Å². The van der Waals surface area contributed by atoms with Gasteiger partial charge < -0.3 is 14.2 Å². The van der Waals surface area contributed by atoms with Crippen molar-refractivity contribution in [2.24, 2.45) is 0 Å². The number of ether oxygens (including phenoxy) is 3. The summed E-state index contributed by atoms with van der Waals surface area (Å²) in [5, 5.41) is 0. The van der Waals surface area contributed by atoms with E-state index in [2.05, 4.69) is 32.9 Å². The predicted octanol–water partition coefficient (Wildman–Crippen LogP) is 22.1. The van der Waals surface area contributed by atoms with Gasteiger partial charge in [-0.25, -0.2) is 0 Å². The Hall–Kier alpha value is -1.85. The minimum Gasteiger partial charge on any atom is -0.462 e. The fourth-order valence-electron chi connectivity index (χ4n) is 10.1. The summed E-state index contributed by atoms with van der Waals surface area (Å²) in [4.78, 5) is 38.3. The lowest BCUT2D eigenvalue weighted by molar-refractivity contribution is -0.167. The molecule has 0 aliphatic carbocycles. The Morgan fingerprint density at radius 2 is 0.458 bits per heavy atom. The molecule has 0 aromatic heterocycles. The molecule has 0 rings (SSSR count). The molecular weight excluding hydrogens is 889 g/mol. The summed E-state index contributed by atoms with van der Waals surface area (Å²) < 4.78 is 16.9. The molecule has 6 heteroatoms. The van der Waals surface area contributed by atoms with E-state index in [1.165, 1.54) is 270 Å². The van der Waals surface area contributed by atoms with E-state index in [4.69, 9.17) is 14.2 Å². The van der Waals surface area contributed by atoms with Crippen molar-refractivity contribution in [3.05, 3.63) is 12.2 Å². The number of carbonyl (C=O) groups is 3. The third-order valence-electron chi connectivity index (χ3n) is 15.0. The van der Waals surface area contributed by atoms with E-state index in [1.807, 2.05) is 0 Å². The van der Waals surface area contributed by atoms with Crippen LogP contribution in [0.5, 0.6) is 0 Å².